The molecule has 196 valence electrons. The summed E-state index contributed by atoms with van der Waals surface area (Å²) in [5.74, 6) is 0.406. The van der Waals surface area contributed by atoms with E-state index >= 15 is 0 Å². The molecule has 0 saturated heterocycles. The molecule has 0 fully saturated rings. The number of allylic oxidation sites excluding steroid dienone is 1. The van der Waals surface area contributed by atoms with Gasteiger partial charge in [-0.1, -0.05) is 61.2 Å². The van der Waals surface area contributed by atoms with Crippen molar-refractivity contribution in [2.45, 2.75) is 32.1 Å². The molecule has 1 heterocycles. The number of carbonyl (C=O) groups is 1. The highest BCUT2D eigenvalue weighted by molar-refractivity contribution is 6.37. The molecule has 0 aromatic heterocycles. The fraction of sp³-hybridized carbons (Fsp3) is 0.241. The lowest BCUT2D eigenvalue weighted by Gasteiger charge is -2.27. The van der Waals surface area contributed by atoms with E-state index in [1.807, 2.05) is 24.3 Å². The summed E-state index contributed by atoms with van der Waals surface area (Å²) < 4.78 is 22.3. The van der Waals surface area contributed by atoms with Crippen LogP contribution >= 0.6 is 23.2 Å². The summed E-state index contributed by atoms with van der Waals surface area (Å²) >= 11 is 12.3. The predicted molar refractivity (Wildman–Crippen MR) is 145 cm³/mol. The van der Waals surface area contributed by atoms with Crippen molar-refractivity contribution in [3.8, 4) is 29.1 Å². The lowest BCUT2D eigenvalue weighted by atomic mass is 9.83. The predicted octanol–water partition coefficient (Wildman–Crippen LogP) is 7.01. The first-order valence-corrected chi connectivity index (χ1v) is 12.8. The van der Waals surface area contributed by atoms with Gasteiger partial charge in [-0.3, -0.25) is 0 Å². The highest BCUT2D eigenvalue weighted by Crippen LogP contribution is 2.44. The molecule has 1 aliphatic rings. The van der Waals surface area contributed by atoms with Crippen molar-refractivity contribution >= 4 is 29.2 Å². The molecular formula is C29H26Cl2N2O5. The highest BCUT2D eigenvalue weighted by Gasteiger charge is 2.31. The fourth-order valence-electron chi connectivity index (χ4n) is 4.21. The Labute approximate surface area is 231 Å². The fourth-order valence-corrected chi connectivity index (χ4v) is 4.85. The number of fused-ring (bicyclic) bond motifs is 1. The molecule has 0 spiro atoms. The number of halogens is 2. The first kappa shape index (κ1) is 27.2. The molecule has 0 radical (unpaired) electrons. The van der Waals surface area contributed by atoms with Crippen molar-refractivity contribution in [1.82, 2.24) is 0 Å². The van der Waals surface area contributed by atoms with E-state index in [2.05, 4.69) is 13.0 Å². The van der Waals surface area contributed by atoms with Gasteiger partial charge >= 0.3 is 5.97 Å². The van der Waals surface area contributed by atoms with Crippen molar-refractivity contribution in [2.24, 2.45) is 5.73 Å². The Hall–Kier alpha value is -3.86. The van der Waals surface area contributed by atoms with Gasteiger partial charge in [0.25, 0.3) is 0 Å². The number of hydrogen-bond acceptors (Lipinski definition) is 7. The number of unbranched alkanes of at least 4 members (excludes halogenated alkanes) is 2. The molecule has 2 N–H and O–H groups in total. The molecule has 4 rings (SSSR count). The van der Waals surface area contributed by atoms with Gasteiger partial charge in [-0.15, -0.1) is 0 Å². The lowest BCUT2D eigenvalue weighted by molar-refractivity contribution is 0.0734. The number of esters is 1. The third kappa shape index (κ3) is 5.83. The molecule has 1 unspecified atom stereocenters. The third-order valence-corrected chi connectivity index (χ3v) is 6.61. The quantitative estimate of drug-likeness (QED) is 0.173. The number of benzene rings is 3. The number of nitrogens with two attached hydrogens (primary N) is 1. The van der Waals surface area contributed by atoms with Crippen LogP contribution < -0.4 is 24.7 Å². The van der Waals surface area contributed by atoms with E-state index in [-0.39, 0.29) is 38.6 Å². The van der Waals surface area contributed by atoms with Crippen molar-refractivity contribution in [2.75, 3.05) is 13.7 Å². The maximum atomic E-state index is 12.8. The van der Waals surface area contributed by atoms with Gasteiger partial charge in [0.05, 0.1) is 35.2 Å². The zero-order valence-electron chi connectivity index (χ0n) is 20.9. The number of rotatable bonds is 9. The van der Waals surface area contributed by atoms with E-state index in [1.165, 1.54) is 19.2 Å². The number of ether oxygens (including phenoxy) is 4. The van der Waals surface area contributed by atoms with Crippen LogP contribution in [0.15, 0.2) is 66.1 Å². The average Bonchev–Trinajstić information content (AvgIpc) is 2.90. The van der Waals surface area contributed by atoms with E-state index in [0.717, 1.165) is 24.8 Å². The smallest absolute Gasteiger partial charge is 0.343 e. The van der Waals surface area contributed by atoms with E-state index in [9.17, 15) is 10.1 Å². The molecule has 9 heteroatoms. The molecule has 3 aromatic carbocycles. The standard InChI is InChI=1S/C29H26Cl2N2O5/c1-3-4-5-11-36-19-8-6-7-17(12-19)26-21-10-9-20(15-25(21)38-28(33)22(26)16-32)37-29(34)18-13-23(30)27(35-2)24(31)14-18/h6-10,12-15,26H,3-5,11,33H2,1-2H3. The van der Waals surface area contributed by atoms with Gasteiger partial charge in [-0.25, -0.2) is 4.79 Å². The first-order chi connectivity index (χ1) is 18.4. The topological polar surface area (TPSA) is 104 Å². The van der Waals surface area contributed by atoms with E-state index in [1.54, 1.807) is 18.2 Å². The molecule has 0 amide bonds. The summed E-state index contributed by atoms with van der Waals surface area (Å²) in [6.07, 6.45) is 3.17. The Balaban J connectivity index is 1.61. The van der Waals surface area contributed by atoms with Gasteiger partial charge in [0.2, 0.25) is 5.88 Å². The summed E-state index contributed by atoms with van der Waals surface area (Å²) in [7, 11) is 1.43. The molecule has 0 saturated carbocycles. The minimum Gasteiger partial charge on any atom is -0.494 e. The summed E-state index contributed by atoms with van der Waals surface area (Å²) in [5.41, 5.74) is 8.11. The first-order valence-electron chi connectivity index (χ1n) is 12.1. The minimum absolute atomic E-state index is 0.0172. The number of nitrogens with zero attached hydrogens (tertiary/aromatic N) is 1. The molecule has 1 atom stereocenters. The van der Waals surface area contributed by atoms with Gasteiger partial charge in [-0.05, 0) is 42.3 Å². The van der Waals surface area contributed by atoms with Crippen LogP contribution in [0.1, 0.15) is 53.6 Å². The van der Waals surface area contributed by atoms with Gasteiger partial charge in [0.1, 0.15) is 28.9 Å². The minimum atomic E-state index is -0.669. The SMILES string of the molecule is CCCCCOc1cccc(C2C(C#N)=C(N)Oc3cc(OC(=O)c4cc(Cl)c(OC)c(Cl)c4)ccc32)c1. The van der Waals surface area contributed by atoms with Gasteiger partial charge in [0, 0.05) is 11.6 Å². The summed E-state index contributed by atoms with van der Waals surface area (Å²) in [4.78, 5) is 12.8. The largest absolute Gasteiger partial charge is 0.494 e. The van der Waals surface area contributed by atoms with E-state index < -0.39 is 11.9 Å². The van der Waals surface area contributed by atoms with Crippen molar-refractivity contribution in [1.29, 1.82) is 5.26 Å². The maximum Gasteiger partial charge on any atom is 0.343 e. The second kappa shape index (κ2) is 12.1. The van der Waals surface area contributed by atoms with Crippen molar-refractivity contribution < 1.29 is 23.7 Å². The number of methoxy groups -OCH3 is 1. The third-order valence-electron chi connectivity index (χ3n) is 6.05. The zero-order chi connectivity index (χ0) is 27.2. The van der Waals surface area contributed by atoms with Crippen LogP contribution in [0.3, 0.4) is 0 Å². The van der Waals surface area contributed by atoms with E-state index in [0.29, 0.717) is 23.7 Å². The Morgan fingerprint density at radius 1 is 1.08 bits per heavy atom. The second-order valence-electron chi connectivity index (χ2n) is 8.62. The Kier molecular flexibility index (Phi) is 8.67. The van der Waals surface area contributed by atoms with Gasteiger partial charge < -0.3 is 24.7 Å². The summed E-state index contributed by atoms with van der Waals surface area (Å²) in [5, 5.41) is 10.2. The van der Waals surface area contributed by atoms with Crippen LogP contribution in [0.25, 0.3) is 0 Å². The van der Waals surface area contributed by atoms with Crippen LogP contribution in [-0.2, 0) is 0 Å². The summed E-state index contributed by atoms with van der Waals surface area (Å²) in [6.45, 7) is 2.75. The van der Waals surface area contributed by atoms with Crippen LogP contribution in [0, 0.1) is 11.3 Å². The Morgan fingerprint density at radius 3 is 2.53 bits per heavy atom. The molecule has 0 aliphatic carbocycles. The van der Waals surface area contributed by atoms with Crippen LogP contribution in [0.4, 0.5) is 0 Å². The van der Waals surface area contributed by atoms with E-state index in [4.69, 9.17) is 47.9 Å². The molecule has 0 bridgehead atoms. The van der Waals surface area contributed by atoms with Crippen molar-refractivity contribution in [3.05, 3.63) is 92.8 Å². The second-order valence-corrected chi connectivity index (χ2v) is 9.43. The zero-order valence-corrected chi connectivity index (χ0v) is 22.4. The molecule has 3 aromatic rings. The van der Waals surface area contributed by atoms with Crippen LogP contribution in [0.5, 0.6) is 23.0 Å². The highest BCUT2D eigenvalue weighted by atomic mass is 35.5. The van der Waals surface area contributed by atoms with Crippen LogP contribution in [0.2, 0.25) is 10.0 Å². The average molecular weight is 553 g/mol. The Bertz CT molecular complexity index is 1410. The molecule has 7 nitrogen and oxygen atoms in total. The van der Waals surface area contributed by atoms with Gasteiger partial charge in [0.15, 0.2) is 5.75 Å². The number of nitriles is 1. The monoisotopic (exact) mass is 552 g/mol. The summed E-state index contributed by atoms with van der Waals surface area (Å²) in [6, 6.07) is 17.5. The van der Waals surface area contributed by atoms with Crippen molar-refractivity contribution in [3.63, 3.8) is 0 Å². The maximum absolute atomic E-state index is 12.8. The Morgan fingerprint density at radius 2 is 1.84 bits per heavy atom. The van der Waals surface area contributed by atoms with Gasteiger partial charge in [-0.2, -0.15) is 5.26 Å². The van der Waals surface area contributed by atoms with Crippen LogP contribution in [-0.4, -0.2) is 19.7 Å². The molecule has 1 aliphatic heterocycles. The molecule has 38 heavy (non-hydrogen) atoms. The number of hydrogen-bond donors (Lipinski definition) is 1. The number of carbonyl (C=O) groups excluding carboxylic acids is 1. The lowest BCUT2D eigenvalue weighted by Crippen LogP contribution is -2.21. The normalized spacial score (nSPS) is 14.2. The molecular weight excluding hydrogens is 527 g/mol.